The molecule has 0 saturated carbocycles. The highest BCUT2D eigenvalue weighted by Crippen LogP contribution is 2.45. The second kappa shape index (κ2) is 4.80. The summed E-state index contributed by atoms with van der Waals surface area (Å²) >= 11 is 0. The molecule has 0 aliphatic carbocycles. The van der Waals surface area contributed by atoms with Crippen LogP contribution >= 0.6 is 0 Å². The van der Waals surface area contributed by atoms with Crippen LogP contribution in [0.4, 0.5) is 0 Å². The molecule has 1 aromatic carbocycles. The molecule has 104 valence electrons. The van der Waals surface area contributed by atoms with E-state index in [1.165, 1.54) is 12.8 Å². The quantitative estimate of drug-likeness (QED) is 0.907. The second-order valence-electron chi connectivity index (χ2n) is 5.95. The van der Waals surface area contributed by atoms with Crippen molar-refractivity contribution in [2.24, 2.45) is 0 Å². The van der Waals surface area contributed by atoms with Gasteiger partial charge in [0.1, 0.15) is 5.75 Å². The van der Waals surface area contributed by atoms with Gasteiger partial charge in [0.2, 0.25) is 0 Å². The van der Waals surface area contributed by atoms with Crippen LogP contribution in [-0.4, -0.2) is 35.7 Å². The van der Waals surface area contributed by atoms with Crippen LogP contribution in [0.2, 0.25) is 0 Å². The van der Waals surface area contributed by atoms with E-state index in [4.69, 9.17) is 4.74 Å². The number of ether oxygens (including phenoxy) is 1. The van der Waals surface area contributed by atoms with Crippen molar-refractivity contribution in [3.8, 4) is 5.75 Å². The summed E-state index contributed by atoms with van der Waals surface area (Å²) in [6.07, 6.45) is 4.16. The molecule has 1 N–H and O–H groups in total. The Bertz CT molecular complexity index is 429. The monoisotopic (exact) mass is 261 g/mol. The molecule has 2 aliphatic rings. The van der Waals surface area contributed by atoms with Gasteiger partial charge in [-0.1, -0.05) is 12.1 Å². The predicted octanol–water partition coefficient (Wildman–Crippen LogP) is 2.53. The average molecular weight is 261 g/mol. The molecule has 1 aromatic rings. The first-order valence-corrected chi connectivity index (χ1v) is 7.30. The van der Waals surface area contributed by atoms with E-state index < -0.39 is 5.60 Å². The average Bonchev–Trinajstić information content (AvgIpc) is 2.63. The molecule has 2 heterocycles. The Kier molecular flexibility index (Phi) is 3.27. The molecule has 0 amide bonds. The van der Waals surface area contributed by atoms with Gasteiger partial charge in [-0.05, 0) is 57.4 Å². The molecule has 0 spiro atoms. The number of rotatable bonds is 3. The molecular weight excluding hydrogens is 238 g/mol. The van der Waals surface area contributed by atoms with Gasteiger partial charge < -0.3 is 14.7 Å². The van der Waals surface area contributed by atoms with Crippen molar-refractivity contribution in [1.82, 2.24) is 4.90 Å². The van der Waals surface area contributed by atoms with Crippen molar-refractivity contribution in [2.75, 3.05) is 13.7 Å². The summed E-state index contributed by atoms with van der Waals surface area (Å²) in [6, 6.07) is 9.06. The Balaban J connectivity index is 1.81. The molecule has 3 nitrogen and oxygen atoms in total. The van der Waals surface area contributed by atoms with E-state index >= 15 is 0 Å². The van der Waals surface area contributed by atoms with Crippen molar-refractivity contribution < 1.29 is 9.84 Å². The van der Waals surface area contributed by atoms with E-state index in [0.717, 1.165) is 24.2 Å². The molecule has 2 bridgehead atoms. The molecule has 3 rings (SSSR count). The zero-order valence-electron chi connectivity index (χ0n) is 11.8. The predicted molar refractivity (Wildman–Crippen MR) is 75.3 cm³/mol. The van der Waals surface area contributed by atoms with Gasteiger partial charge in [-0.25, -0.2) is 0 Å². The molecular formula is C16H23NO2. The highest BCUT2D eigenvalue weighted by atomic mass is 16.5. The first-order chi connectivity index (χ1) is 9.12. The minimum atomic E-state index is -0.650. The van der Waals surface area contributed by atoms with Crippen molar-refractivity contribution >= 4 is 0 Å². The third-order valence-corrected chi connectivity index (χ3v) is 4.83. The lowest BCUT2D eigenvalue weighted by atomic mass is 9.81. The molecule has 2 saturated heterocycles. The smallest absolute Gasteiger partial charge is 0.119 e. The number of fused-ring (bicyclic) bond motifs is 2. The summed E-state index contributed by atoms with van der Waals surface area (Å²) in [6.45, 7) is 2.66. The van der Waals surface area contributed by atoms with Crippen LogP contribution < -0.4 is 4.74 Å². The molecule has 2 fully saturated rings. The van der Waals surface area contributed by atoms with E-state index in [1.54, 1.807) is 0 Å². The zero-order chi connectivity index (χ0) is 13.5. The van der Waals surface area contributed by atoms with Gasteiger partial charge in [0.25, 0.3) is 0 Å². The first kappa shape index (κ1) is 12.9. The zero-order valence-corrected chi connectivity index (χ0v) is 11.8. The van der Waals surface area contributed by atoms with Crippen LogP contribution in [0.3, 0.4) is 0 Å². The van der Waals surface area contributed by atoms with Crippen LogP contribution in [0, 0.1) is 0 Å². The minimum absolute atomic E-state index is 0.537. The molecule has 2 unspecified atom stereocenters. The lowest BCUT2D eigenvalue weighted by molar-refractivity contribution is -0.0493. The van der Waals surface area contributed by atoms with Crippen molar-refractivity contribution in [2.45, 2.75) is 50.3 Å². The van der Waals surface area contributed by atoms with Gasteiger partial charge in [-0.15, -0.1) is 0 Å². The number of hydrogen-bond donors (Lipinski definition) is 1. The largest absolute Gasteiger partial charge is 0.494 e. The van der Waals surface area contributed by atoms with E-state index in [0.29, 0.717) is 18.7 Å². The lowest BCUT2D eigenvalue weighted by Crippen LogP contribution is -2.47. The van der Waals surface area contributed by atoms with Crippen LogP contribution in [-0.2, 0) is 5.60 Å². The number of piperidine rings is 1. The van der Waals surface area contributed by atoms with Gasteiger partial charge in [0.05, 0.1) is 12.2 Å². The van der Waals surface area contributed by atoms with Gasteiger partial charge in [-0.3, -0.25) is 0 Å². The molecule has 2 atom stereocenters. The molecule has 19 heavy (non-hydrogen) atoms. The number of nitrogens with zero attached hydrogens (tertiary/aromatic N) is 1. The first-order valence-electron chi connectivity index (χ1n) is 7.30. The summed E-state index contributed by atoms with van der Waals surface area (Å²) in [7, 11) is 2.19. The van der Waals surface area contributed by atoms with Crippen molar-refractivity contribution in [1.29, 1.82) is 0 Å². The maximum Gasteiger partial charge on any atom is 0.119 e. The number of aliphatic hydroxyl groups is 1. The number of hydrogen-bond acceptors (Lipinski definition) is 3. The van der Waals surface area contributed by atoms with E-state index in [1.807, 2.05) is 31.2 Å². The van der Waals surface area contributed by atoms with Gasteiger partial charge in [0.15, 0.2) is 0 Å². The van der Waals surface area contributed by atoms with Crippen LogP contribution in [0.25, 0.3) is 0 Å². The lowest BCUT2D eigenvalue weighted by Gasteiger charge is -2.42. The summed E-state index contributed by atoms with van der Waals surface area (Å²) in [5, 5.41) is 11.0. The Hall–Kier alpha value is -1.06. The highest BCUT2D eigenvalue weighted by Gasteiger charge is 2.46. The summed E-state index contributed by atoms with van der Waals surface area (Å²) in [5.41, 5.74) is 0.393. The topological polar surface area (TPSA) is 32.7 Å². The number of benzene rings is 1. The maximum atomic E-state index is 11.0. The maximum absolute atomic E-state index is 11.0. The third-order valence-electron chi connectivity index (χ3n) is 4.83. The summed E-state index contributed by atoms with van der Waals surface area (Å²) < 4.78 is 5.46. The Morgan fingerprint density at radius 1 is 1.21 bits per heavy atom. The molecule has 0 aromatic heterocycles. The van der Waals surface area contributed by atoms with Gasteiger partial charge in [0, 0.05) is 12.1 Å². The minimum Gasteiger partial charge on any atom is -0.494 e. The third kappa shape index (κ3) is 2.26. The van der Waals surface area contributed by atoms with E-state index in [-0.39, 0.29) is 0 Å². The Morgan fingerprint density at radius 3 is 2.32 bits per heavy atom. The fourth-order valence-electron chi connectivity index (χ4n) is 3.71. The second-order valence-corrected chi connectivity index (χ2v) is 5.95. The summed E-state index contributed by atoms with van der Waals surface area (Å²) in [5.74, 6) is 0.880. The van der Waals surface area contributed by atoms with Gasteiger partial charge in [-0.2, -0.15) is 0 Å². The molecule has 2 aliphatic heterocycles. The SMILES string of the molecule is CCOc1ccc(C2(O)CC3CCC(C2)N3C)cc1. The van der Waals surface area contributed by atoms with E-state index in [9.17, 15) is 5.11 Å². The van der Waals surface area contributed by atoms with E-state index in [2.05, 4.69) is 11.9 Å². The van der Waals surface area contributed by atoms with Crippen LogP contribution in [0.1, 0.15) is 38.2 Å². The van der Waals surface area contributed by atoms with Crippen molar-refractivity contribution in [3.63, 3.8) is 0 Å². The van der Waals surface area contributed by atoms with Crippen molar-refractivity contribution in [3.05, 3.63) is 29.8 Å². The highest BCUT2D eigenvalue weighted by molar-refractivity contribution is 5.32. The summed E-state index contributed by atoms with van der Waals surface area (Å²) in [4.78, 5) is 2.45. The van der Waals surface area contributed by atoms with Crippen LogP contribution in [0.5, 0.6) is 5.75 Å². The fourth-order valence-corrected chi connectivity index (χ4v) is 3.71. The molecule has 0 radical (unpaired) electrons. The van der Waals surface area contributed by atoms with Gasteiger partial charge >= 0.3 is 0 Å². The molecule has 3 heteroatoms. The Labute approximate surface area is 115 Å². The Morgan fingerprint density at radius 2 is 1.79 bits per heavy atom. The fraction of sp³-hybridized carbons (Fsp3) is 0.625. The standard InChI is InChI=1S/C16H23NO2/c1-3-19-15-8-4-12(5-9-15)16(18)10-13-6-7-14(11-16)17(13)2/h4-5,8-9,13-14,18H,3,6-7,10-11H2,1-2H3. The van der Waals surface area contributed by atoms with Crippen LogP contribution in [0.15, 0.2) is 24.3 Å². The normalized spacial score (nSPS) is 34.5.